The highest BCUT2D eigenvalue weighted by atomic mass is 15.2. The van der Waals surface area contributed by atoms with Gasteiger partial charge in [-0.2, -0.15) is 0 Å². The Morgan fingerprint density at radius 2 is 1.87 bits per heavy atom. The summed E-state index contributed by atoms with van der Waals surface area (Å²) in [5.74, 6) is 0. The molecule has 2 nitrogen and oxygen atoms in total. The molecule has 0 aliphatic carbocycles. The number of rotatable bonds is 8. The zero-order valence-corrected chi connectivity index (χ0v) is 11.3. The molecule has 2 unspecified atom stereocenters. The normalized spacial score (nSPS) is 17.8. The van der Waals surface area contributed by atoms with Gasteiger partial charge >= 0.3 is 0 Å². The summed E-state index contributed by atoms with van der Waals surface area (Å²) in [6.07, 6.45) is 4.88. The average Bonchev–Trinajstić information content (AvgIpc) is 2.28. The summed E-state index contributed by atoms with van der Waals surface area (Å²) in [7, 11) is 0. The maximum Gasteiger partial charge on any atom is 0.0303 e. The van der Waals surface area contributed by atoms with Gasteiger partial charge in [0.05, 0.1) is 0 Å². The van der Waals surface area contributed by atoms with Gasteiger partial charge < -0.3 is 5.73 Å². The Balaban J connectivity index is 4.58. The topological polar surface area (TPSA) is 29.3 Å². The molecule has 15 heavy (non-hydrogen) atoms. The van der Waals surface area contributed by atoms with Crippen molar-refractivity contribution in [3.05, 3.63) is 0 Å². The van der Waals surface area contributed by atoms with Crippen LogP contribution in [-0.2, 0) is 0 Å². The van der Waals surface area contributed by atoms with Crippen molar-refractivity contribution in [3.63, 3.8) is 0 Å². The third-order valence-electron chi connectivity index (χ3n) is 3.77. The quantitative estimate of drug-likeness (QED) is 0.673. The van der Waals surface area contributed by atoms with E-state index in [1.165, 1.54) is 25.8 Å². The molecule has 0 fully saturated rings. The van der Waals surface area contributed by atoms with Gasteiger partial charge in [-0.15, -0.1) is 0 Å². The van der Waals surface area contributed by atoms with Crippen LogP contribution in [0.1, 0.15) is 60.3 Å². The first-order valence-electron chi connectivity index (χ1n) is 6.52. The fraction of sp³-hybridized carbons (Fsp3) is 1.00. The van der Waals surface area contributed by atoms with Crippen molar-refractivity contribution in [2.45, 2.75) is 71.9 Å². The van der Waals surface area contributed by atoms with E-state index in [0.29, 0.717) is 6.04 Å². The van der Waals surface area contributed by atoms with Crippen LogP contribution in [0, 0.1) is 0 Å². The van der Waals surface area contributed by atoms with Gasteiger partial charge in [0.2, 0.25) is 0 Å². The summed E-state index contributed by atoms with van der Waals surface area (Å²) >= 11 is 0. The number of unbranched alkanes of at least 4 members (excludes halogenated alkanes) is 1. The van der Waals surface area contributed by atoms with Crippen LogP contribution < -0.4 is 5.73 Å². The van der Waals surface area contributed by atoms with Gasteiger partial charge in [0.25, 0.3) is 0 Å². The van der Waals surface area contributed by atoms with Gasteiger partial charge in [0.15, 0.2) is 0 Å². The van der Waals surface area contributed by atoms with E-state index in [4.69, 9.17) is 5.73 Å². The first-order chi connectivity index (χ1) is 7.05. The minimum Gasteiger partial charge on any atom is -0.329 e. The maximum atomic E-state index is 5.94. The van der Waals surface area contributed by atoms with Crippen molar-refractivity contribution in [3.8, 4) is 0 Å². The van der Waals surface area contributed by atoms with Crippen LogP contribution in [0.2, 0.25) is 0 Å². The molecule has 0 aliphatic rings. The second-order valence-electron chi connectivity index (χ2n) is 4.86. The third-order valence-corrected chi connectivity index (χ3v) is 3.77. The first-order valence-corrected chi connectivity index (χ1v) is 6.52. The van der Waals surface area contributed by atoms with E-state index in [2.05, 4.69) is 39.5 Å². The molecule has 0 aromatic carbocycles. The summed E-state index contributed by atoms with van der Waals surface area (Å²) in [5, 5.41) is 0. The Kier molecular flexibility index (Phi) is 7.20. The molecule has 0 radical (unpaired) electrons. The van der Waals surface area contributed by atoms with E-state index in [1.54, 1.807) is 0 Å². The fourth-order valence-electron chi connectivity index (χ4n) is 2.04. The minimum absolute atomic E-state index is 0.185. The molecule has 0 saturated heterocycles. The monoisotopic (exact) mass is 214 g/mol. The Morgan fingerprint density at radius 3 is 2.20 bits per heavy atom. The molecule has 0 aromatic heterocycles. The maximum absolute atomic E-state index is 5.94. The van der Waals surface area contributed by atoms with E-state index >= 15 is 0 Å². The van der Waals surface area contributed by atoms with Crippen molar-refractivity contribution in [2.24, 2.45) is 5.73 Å². The zero-order valence-electron chi connectivity index (χ0n) is 11.3. The highest BCUT2D eigenvalue weighted by Crippen LogP contribution is 2.23. The lowest BCUT2D eigenvalue weighted by atomic mass is 9.93. The Morgan fingerprint density at radius 1 is 1.27 bits per heavy atom. The predicted octanol–water partition coefficient (Wildman–Crippen LogP) is 3.01. The van der Waals surface area contributed by atoms with Crippen molar-refractivity contribution >= 4 is 0 Å². The smallest absolute Gasteiger partial charge is 0.0303 e. The van der Waals surface area contributed by atoms with E-state index in [-0.39, 0.29) is 5.54 Å². The zero-order chi connectivity index (χ0) is 11.9. The van der Waals surface area contributed by atoms with E-state index in [0.717, 1.165) is 13.0 Å². The van der Waals surface area contributed by atoms with Crippen LogP contribution >= 0.6 is 0 Å². The van der Waals surface area contributed by atoms with Crippen LogP contribution in [-0.4, -0.2) is 29.6 Å². The molecule has 0 saturated carbocycles. The molecule has 2 heteroatoms. The molecule has 0 heterocycles. The summed E-state index contributed by atoms with van der Waals surface area (Å²) in [6.45, 7) is 13.3. The van der Waals surface area contributed by atoms with Crippen molar-refractivity contribution in [1.29, 1.82) is 0 Å². The summed E-state index contributed by atoms with van der Waals surface area (Å²) < 4.78 is 0. The highest BCUT2D eigenvalue weighted by Gasteiger charge is 2.30. The molecule has 0 aliphatic heterocycles. The molecule has 0 amide bonds. The molecule has 2 atom stereocenters. The van der Waals surface area contributed by atoms with Gasteiger partial charge in [-0.05, 0) is 39.7 Å². The van der Waals surface area contributed by atoms with Crippen LogP contribution in [0.5, 0.6) is 0 Å². The largest absolute Gasteiger partial charge is 0.329 e. The molecular formula is C13H30N2. The fourth-order valence-corrected chi connectivity index (χ4v) is 2.04. The first kappa shape index (κ1) is 14.9. The van der Waals surface area contributed by atoms with Gasteiger partial charge in [0.1, 0.15) is 0 Å². The molecule has 92 valence electrons. The second-order valence-corrected chi connectivity index (χ2v) is 4.86. The minimum atomic E-state index is 0.185. The molecule has 2 N–H and O–H groups in total. The van der Waals surface area contributed by atoms with Crippen molar-refractivity contribution in [1.82, 2.24) is 4.90 Å². The molecular weight excluding hydrogens is 184 g/mol. The van der Waals surface area contributed by atoms with E-state index in [1.807, 2.05) is 0 Å². The Hall–Kier alpha value is -0.0800. The number of hydrogen-bond acceptors (Lipinski definition) is 2. The van der Waals surface area contributed by atoms with Crippen molar-refractivity contribution < 1.29 is 0 Å². The average molecular weight is 214 g/mol. The Labute approximate surface area is 96.2 Å². The number of nitrogens with two attached hydrogens (primary N) is 1. The van der Waals surface area contributed by atoms with Crippen LogP contribution in [0.25, 0.3) is 0 Å². The lowest BCUT2D eigenvalue weighted by Gasteiger charge is -2.44. The highest BCUT2D eigenvalue weighted by molar-refractivity contribution is 4.88. The summed E-state index contributed by atoms with van der Waals surface area (Å²) in [5.41, 5.74) is 6.13. The van der Waals surface area contributed by atoms with E-state index in [9.17, 15) is 0 Å². The van der Waals surface area contributed by atoms with Crippen LogP contribution in [0.15, 0.2) is 0 Å². The predicted molar refractivity (Wildman–Crippen MR) is 69.1 cm³/mol. The van der Waals surface area contributed by atoms with Crippen molar-refractivity contribution in [2.75, 3.05) is 13.1 Å². The van der Waals surface area contributed by atoms with Gasteiger partial charge in [0, 0.05) is 18.1 Å². The lowest BCUT2D eigenvalue weighted by Crippen LogP contribution is -2.55. The number of hydrogen-bond donors (Lipinski definition) is 1. The van der Waals surface area contributed by atoms with Crippen LogP contribution in [0.3, 0.4) is 0 Å². The molecule has 0 spiro atoms. The summed E-state index contributed by atoms with van der Waals surface area (Å²) in [4.78, 5) is 2.61. The number of nitrogens with zero attached hydrogens (tertiary/aromatic N) is 1. The SMILES string of the molecule is CCCCN(C(C)CC)C(C)(CC)CN. The lowest BCUT2D eigenvalue weighted by molar-refractivity contribution is 0.0613. The third kappa shape index (κ3) is 4.12. The summed E-state index contributed by atoms with van der Waals surface area (Å²) in [6, 6.07) is 0.644. The van der Waals surface area contributed by atoms with Gasteiger partial charge in [-0.1, -0.05) is 27.2 Å². The molecule has 0 bridgehead atoms. The molecule has 0 rings (SSSR count). The van der Waals surface area contributed by atoms with Gasteiger partial charge in [-0.25, -0.2) is 0 Å². The van der Waals surface area contributed by atoms with Gasteiger partial charge in [-0.3, -0.25) is 4.90 Å². The standard InChI is InChI=1S/C13H30N2/c1-6-9-10-15(12(4)7-2)13(5,8-3)11-14/h12H,6-11,14H2,1-5H3. The second kappa shape index (κ2) is 7.24. The Bertz CT molecular complexity index is 153. The van der Waals surface area contributed by atoms with E-state index < -0.39 is 0 Å². The molecule has 0 aromatic rings. The van der Waals surface area contributed by atoms with Crippen LogP contribution in [0.4, 0.5) is 0 Å².